The van der Waals surface area contributed by atoms with Gasteiger partial charge in [-0.2, -0.15) is 0 Å². The Labute approximate surface area is 110 Å². The number of hydrogen-bond donors (Lipinski definition) is 2. The van der Waals surface area contributed by atoms with E-state index in [1.807, 2.05) is 19.4 Å². The Morgan fingerprint density at radius 1 is 1.61 bits per heavy atom. The minimum atomic E-state index is -0.589. The number of aromatic nitrogens is 2. The number of fused-ring (bicyclic) bond motifs is 1. The molecule has 1 aliphatic heterocycles. The van der Waals surface area contributed by atoms with Crippen molar-refractivity contribution in [1.29, 1.82) is 0 Å². The molecule has 0 aromatic carbocycles. The van der Waals surface area contributed by atoms with Gasteiger partial charge in [0, 0.05) is 31.2 Å². The zero-order valence-electron chi connectivity index (χ0n) is 10.7. The predicted octanol–water partition coefficient (Wildman–Crippen LogP) is 1.08. The number of imidazole rings is 1. The van der Waals surface area contributed by atoms with E-state index in [4.69, 9.17) is 4.98 Å². The van der Waals surface area contributed by atoms with Gasteiger partial charge in [0.15, 0.2) is 10.8 Å². The number of β-amino-alcohol motifs (C(OH)–C–C–N with tert-alkyl or cyclic N) is 1. The van der Waals surface area contributed by atoms with Crippen molar-refractivity contribution in [2.24, 2.45) is 0 Å². The van der Waals surface area contributed by atoms with Crippen LogP contribution in [0.25, 0.3) is 4.96 Å². The first-order valence-corrected chi connectivity index (χ1v) is 7.05. The average molecular weight is 266 g/mol. The molecule has 3 rings (SSSR count). The van der Waals surface area contributed by atoms with Crippen LogP contribution in [0.4, 0.5) is 5.82 Å². The van der Waals surface area contributed by atoms with Crippen LogP contribution in [0.15, 0.2) is 11.6 Å². The molecule has 0 bridgehead atoms. The van der Waals surface area contributed by atoms with Gasteiger partial charge in [0.1, 0.15) is 0 Å². The maximum Gasteiger partial charge on any atom is 0.195 e. The van der Waals surface area contributed by atoms with Gasteiger partial charge < -0.3 is 15.3 Å². The molecule has 0 amide bonds. The van der Waals surface area contributed by atoms with Crippen LogP contribution in [0.3, 0.4) is 0 Å². The minimum absolute atomic E-state index is 0.589. The molecule has 1 saturated heterocycles. The second-order valence-corrected chi connectivity index (χ2v) is 6.01. The molecular formula is C12H18N4OS. The molecule has 0 spiro atoms. The first-order chi connectivity index (χ1) is 8.61. The summed E-state index contributed by atoms with van der Waals surface area (Å²) in [6, 6.07) is 0. The second kappa shape index (κ2) is 4.22. The van der Waals surface area contributed by atoms with Gasteiger partial charge >= 0.3 is 0 Å². The second-order valence-electron chi connectivity index (χ2n) is 5.14. The summed E-state index contributed by atoms with van der Waals surface area (Å²) in [4.78, 5) is 7.90. The SMILES string of the molecule is CNCc1c(N2CCC(C)(O)C2)nc2sccn12. The van der Waals surface area contributed by atoms with Crippen molar-refractivity contribution in [2.45, 2.75) is 25.5 Å². The molecule has 18 heavy (non-hydrogen) atoms. The Bertz CT molecular complexity index is 559. The smallest absolute Gasteiger partial charge is 0.195 e. The van der Waals surface area contributed by atoms with Gasteiger partial charge in [-0.05, 0) is 20.4 Å². The Kier molecular flexibility index (Phi) is 2.80. The van der Waals surface area contributed by atoms with Crippen molar-refractivity contribution < 1.29 is 5.11 Å². The van der Waals surface area contributed by atoms with Crippen LogP contribution in [0, 0.1) is 0 Å². The third-order valence-electron chi connectivity index (χ3n) is 3.44. The van der Waals surface area contributed by atoms with Crippen LogP contribution in [0.5, 0.6) is 0 Å². The van der Waals surface area contributed by atoms with Crippen LogP contribution in [0.2, 0.25) is 0 Å². The van der Waals surface area contributed by atoms with Gasteiger partial charge in [-0.3, -0.25) is 4.40 Å². The Morgan fingerprint density at radius 3 is 3.11 bits per heavy atom. The van der Waals surface area contributed by atoms with E-state index in [9.17, 15) is 5.11 Å². The fourth-order valence-corrected chi connectivity index (χ4v) is 3.26. The zero-order valence-corrected chi connectivity index (χ0v) is 11.5. The topological polar surface area (TPSA) is 52.8 Å². The van der Waals surface area contributed by atoms with Gasteiger partial charge in [0.25, 0.3) is 0 Å². The third-order valence-corrected chi connectivity index (χ3v) is 4.19. The highest BCUT2D eigenvalue weighted by Crippen LogP contribution is 2.30. The molecule has 2 N–H and O–H groups in total. The van der Waals surface area contributed by atoms with Crippen molar-refractivity contribution in [1.82, 2.24) is 14.7 Å². The lowest BCUT2D eigenvalue weighted by molar-refractivity contribution is 0.0839. The third kappa shape index (κ3) is 1.90. The van der Waals surface area contributed by atoms with Crippen molar-refractivity contribution in [2.75, 3.05) is 25.0 Å². The predicted molar refractivity (Wildman–Crippen MR) is 73.3 cm³/mol. The molecule has 1 atom stereocenters. The summed E-state index contributed by atoms with van der Waals surface area (Å²) < 4.78 is 2.13. The molecule has 3 heterocycles. The lowest BCUT2D eigenvalue weighted by Crippen LogP contribution is -2.30. The van der Waals surface area contributed by atoms with Gasteiger partial charge in [-0.15, -0.1) is 11.3 Å². The molecular weight excluding hydrogens is 248 g/mol. The molecule has 6 heteroatoms. The Balaban J connectivity index is 2.00. The number of nitrogens with one attached hydrogen (secondary N) is 1. The zero-order chi connectivity index (χ0) is 12.8. The summed E-state index contributed by atoms with van der Waals surface area (Å²) in [7, 11) is 1.94. The van der Waals surface area contributed by atoms with Crippen molar-refractivity contribution in [3.05, 3.63) is 17.3 Å². The van der Waals surface area contributed by atoms with E-state index in [1.165, 1.54) is 5.69 Å². The van der Waals surface area contributed by atoms with E-state index >= 15 is 0 Å². The molecule has 0 radical (unpaired) electrons. The van der Waals surface area contributed by atoms with Gasteiger partial charge in [-0.25, -0.2) is 4.98 Å². The van der Waals surface area contributed by atoms with Crippen molar-refractivity contribution in [3.8, 4) is 0 Å². The molecule has 98 valence electrons. The van der Waals surface area contributed by atoms with Gasteiger partial charge in [-0.1, -0.05) is 0 Å². The van der Waals surface area contributed by atoms with Crippen LogP contribution in [-0.4, -0.2) is 40.2 Å². The molecule has 2 aromatic heterocycles. The molecule has 0 aliphatic carbocycles. The number of nitrogens with zero attached hydrogens (tertiary/aromatic N) is 3. The van der Waals surface area contributed by atoms with E-state index in [0.717, 1.165) is 30.3 Å². The summed E-state index contributed by atoms with van der Waals surface area (Å²) >= 11 is 1.64. The summed E-state index contributed by atoms with van der Waals surface area (Å²) in [6.45, 7) is 4.21. The highest BCUT2D eigenvalue weighted by atomic mass is 32.1. The van der Waals surface area contributed by atoms with Gasteiger partial charge in [0.05, 0.1) is 11.3 Å². The van der Waals surface area contributed by atoms with Gasteiger partial charge in [0.2, 0.25) is 0 Å². The maximum absolute atomic E-state index is 10.1. The standard InChI is InChI=1S/C12H18N4OS/c1-12(17)3-4-15(8-12)10-9(7-13-2)16-5-6-18-11(16)14-10/h5-6,13,17H,3-4,7-8H2,1-2H3. The molecule has 1 fully saturated rings. The highest BCUT2D eigenvalue weighted by molar-refractivity contribution is 7.15. The lowest BCUT2D eigenvalue weighted by atomic mass is 10.1. The maximum atomic E-state index is 10.1. The van der Waals surface area contributed by atoms with E-state index in [0.29, 0.717) is 6.54 Å². The summed E-state index contributed by atoms with van der Waals surface area (Å²) in [5, 5.41) is 15.3. The summed E-state index contributed by atoms with van der Waals surface area (Å²) in [6.07, 6.45) is 2.86. The number of rotatable bonds is 3. The lowest BCUT2D eigenvalue weighted by Gasteiger charge is -2.20. The molecule has 5 nitrogen and oxygen atoms in total. The van der Waals surface area contributed by atoms with E-state index in [2.05, 4.69) is 20.8 Å². The van der Waals surface area contributed by atoms with Crippen LogP contribution >= 0.6 is 11.3 Å². The minimum Gasteiger partial charge on any atom is -0.388 e. The van der Waals surface area contributed by atoms with E-state index < -0.39 is 5.60 Å². The van der Waals surface area contributed by atoms with Crippen LogP contribution < -0.4 is 10.2 Å². The Morgan fingerprint density at radius 2 is 2.44 bits per heavy atom. The molecule has 1 aliphatic rings. The average Bonchev–Trinajstić information content (AvgIpc) is 2.95. The van der Waals surface area contributed by atoms with Crippen LogP contribution in [0.1, 0.15) is 19.0 Å². The number of anilines is 1. The Hall–Kier alpha value is -1.11. The van der Waals surface area contributed by atoms with Crippen molar-refractivity contribution >= 4 is 22.1 Å². The molecule has 1 unspecified atom stereocenters. The highest BCUT2D eigenvalue weighted by Gasteiger charge is 2.33. The van der Waals surface area contributed by atoms with Crippen LogP contribution in [-0.2, 0) is 6.54 Å². The first-order valence-electron chi connectivity index (χ1n) is 6.17. The molecule has 0 saturated carbocycles. The largest absolute Gasteiger partial charge is 0.388 e. The quantitative estimate of drug-likeness (QED) is 0.873. The molecule has 2 aromatic rings. The van der Waals surface area contributed by atoms with E-state index in [1.54, 1.807) is 11.3 Å². The monoisotopic (exact) mass is 266 g/mol. The summed E-state index contributed by atoms with van der Waals surface area (Å²) in [5.41, 5.74) is 0.583. The summed E-state index contributed by atoms with van der Waals surface area (Å²) in [5.74, 6) is 1.01. The number of hydrogen-bond acceptors (Lipinski definition) is 5. The normalized spacial score (nSPS) is 24.3. The fraction of sp³-hybridized carbons (Fsp3) is 0.583. The van der Waals surface area contributed by atoms with Crippen molar-refractivity contribution in [3.63, 3.8) is 0 Å². The number of thiazole rings is 1. The fourth-order valence-electron chi connectivity index (χ4n) is 2.53. The van der Waals surface area contributed by atoms with E-state index in [-0.39, 0.29) is 0 Å². The number of aliphatic hydroxyl groups is 1. The first kappa shape index (κ1) is 12.0.